The van der Waals surface area contributed by atoms with Gasteiger partial charge < -0.3 is 19.8 Å². The van der Waals surface area contributed by atoms with Crippen LogP contribution in [-0.4, -0.2) is 55.1 Å². The molecule has 0 aliphatic carbocycles. The molecule has 3 aromatic heterocycles. The number of carbonyl (C=O) groups excluding carboxylic acids is 1. The number of aromatic nitrogens is 6. The lowest BCUT2D eigenvalue weighted by atomic mass is 10.0. The van der Waals surface area contributed by atoms with Crippen molar-refractivity contribution in [2.24, 2.45) is 5.92 Å². The van der Waals surface area contributed by atoms with Gasteiger partial charge in [-0.1, -0.05) is 19.9 Å². The van der Waals surface area contributed by atoms with Crippen LogP contribution in [-0.2, 0) is 4.79 Å². The molecule has 1 amide bonds. The van der Waals surface area contributed by atoms with Gasteiger partial charge in [0.25, 0.3) is 0 Å². The third-order valence-corrected chi connectivity index (χ3v) is 6.74. The lowest BCUT2D eigenvalue weighted by Gasteiger charge is -2.19. The Morgan fingerprint density at radius 1 is 1.24 bits per heavy atom. The molecule has 1 aliphatic rings. The maximum absolute atomic E-state index is 12.7. The fourth-order valence-electron chi connectivity index (χ4n) is 3.94. The SMILES string of the molecule is COc1ccc(C2SCC(=O)Nc3c2c(C)nn3-c2ncnc3nc[nH]c23)cc1OCC(C)C. The number of fused-ring (bicyclic) bond motifs is 2. The van der Waals surface area contributed by atoms with E-state index in [0.717, 1.165) is 16.8 Å². The number of nitrogens with one attached hydrogen (secondary N) is 2. The summed E-state index contributed by atoms with van der Waals surface area (Å²) in [7, 11) is 1.63. The van der Waals surface area contributed by atoms with Crippen LogP contribution >= 0.6 is 11.8 Å². The van der Waals surface area contributed by atoms with E-state index in [2.05, 4.69) is 39.1 Å². The monoisotopic (exact) mass is 479 g/mol. The summed E-state index contributed by atoms with van der Waals surface area (Å²) >= 11 is 1.55. The first-order valence-electron chi connectivity index (χ1n) is 10.9. The highest BCUT2D eigenvalue weighted by Crippen LogP contribution is 2.45. The molecule has 11 heteroatoms. The van der Waals surface area contributed by atoms with E-state index in [1.807, 2.05) is 25.1 Å². The van der Waals surface area contributed by atoms with Gasteiger partial charge in [-0.25, -0.2) is 15.0 Å². The predicted octanol–water partition coefficient (Wildman–Crippen LogP) is 3.67. The smallest absolute Gasteiger partial charge is 0.235 e. The third kappa shape index (κ3) is 3.96. The molecule has 4 heterocycles. The number of imidazole rings is 1. The highest BCUT2D eigenvalue weighted by atomic mass is 32.2. The molecule has 0 fully saturated rings. The summed E-state index contributed by atoms with van der Waals surface area (Å²) in [4.78, 5) is 28.6. The van der Waals surface area contributed by atoms with Gasteiger partial charge >= 0.3 is 0 Å². The van der Waals surface area contributed by atoms with Crippen molar-refractivity contribution in [3.63, 3.8) is 0 Å². The van der Waals surface area contributed by atoms with Crippen LogP contribution in [0.4, 0.5) is 5.82 Å². The highest BCUT2D eigenvalue weighted by molar-refractivity contribution is 8.00. The average Bonchev–Trinajstić information content (AvgIpc) is 3.38. The van der Waals surface area contributed by atoms with Gasteiger partial charge in [-0.15, -0.1) is 11.8 Å². The van der Waals surface area contributed by atoms with Crippen molar-refractivity contribution in [2.45, 2.75) is 26.0 Å². The maximum atomic E-state index is 12.7. The number of aromatic amines is 1. The summed E-state index contributed by atoms with van der Waals surface area (Å²) in [5.74, 6) is 3.04. The predicted molar refractivity (Wildman–Crippen MR) is 130 cm³/mol. The average molecular weight is 480 g/mol. The van der Waals surface area contributed by atoms with E-state index in [1.54, 1.807) is 29.9 Å². The van der Waals surface area contributed by atoms with Crippen LogP contribution in [0.2, 0.25) is 0 Å². The van der Waals surface area contributed by atoms with Gasteiger partial charge in [0.15, 0.2) is 23.0 Å². The second-order valence-corrected chi connectivity index (χ2v) is 9.51. The first kappa shape index (κ1) is 22.2. The fraction of sp³-hybridized carbons (Fsp3) is 0.348. The lowest BCUT2D eigenvalue weighted by Crippen LogP contribution is -2.16. The Morgan fingerprint density at radius 2 is 2.09 bits per heavy atom. The Balaban J connectivity index is 1.63. The van der Waals surface area contributed by atoms with Crippen LogP contribution < -0.4 is 14.8 Å². The van der Waals surface area contributed by atoms with Gasteiger partial charge in [0.1, 0.15) is 17.7 Å². The molecule has 1 unspecified atom stereocenters. The van der Waals surface area contributed by atoms with Crippen molar-refractivity contribution in [3.05, 3.63) is 47.7 Å². The number of hydrogen-bond donors (Lipinski definition) is 2. The summed E-state index contributed by atoms with van der Waals surface area (Å²) in [6.07, 6.45) is 3.00. The van der Waals surface area contributed by atoms with E-state index in [0.29, 0.717) is 52.6 Å². The Kier molecular flexibility index (Phi) is 5.86. The van der Waals surface area contributed by atoms with E-state index >= 15 is 0 Å². The summed E-state index contributed by atoms with van der Waals surface area (Å²) in [5, 5.41) is 7.64. The van der Waals surface area contributed by atoms with Gasteiger partial charge in [0, 0.05) is 5.56 Å². The second kappa shape index (κ2) is 8.98. The summed E-state index contributed by atoms with van der Waals surface area (Å²) in [5.41, 5.74) is 3.88. The van der Waals surface area contributed by atoms with Gasteiger partial charge in [-0.05, 0) is 30.5 Å². The van der Waals surface area contributed by atoms with Gasteiger partial charge in [-0.3, -0.25) is 4.79 Å². The molecule has 1 aliphatic heterocycles. The molecule has 0 bridgehead atoms. The van der Waals surface area contributed by atoms with Crippen molar-refractivity contribution < 1.29 is 14.3 Å². The number of methoxy groups -OCH3 is 1. The van der Waals surface area contributed by atoms with E-state index in [-0.39, 0.29) is 11.2 Å². The number of hydrogen-bond acceptors (Lipinski definition) is 8. The number of anilines is 1. The standard InChI is InChI=1S/C23H25N7O3S/c1-12(2)8-33-16-7-14(5-6-15(16)32-4)20-18-13(3)29-30(22(18)28-17(31)9-34-20)23-19-21(25-10-24-19)26-11-27-23/h5-7,10-12,20H,8-9H2,1-4H3,(H,28,31)(H,24,25,26,27). The van der Waals surface area contributed by atoms with Crippen LogP contribution in [0.5, 0.6) is 11.5 Å². The molecule has 0 saturated heterocycles. The molecule has 0 spiro atoms. The highest BCUT2D eigenvalue weighted by Gasteiger charge is 2.32. The molecular formula is C23H25N7O3S. The molecule has 2 N–H and O–H groups in total. The minimum Gasteiger partial charge on any atom is -0.493 e. The van der Waals surface area contributed by atoms with Crippen LogP contribution in [0.1, 0.15) is 35.9 Å². The number of aryl methyl sites for hydroxylation is 1. The van der Waals surface area contributed by atoms with Crippen LogP contribution in [0.15, 0.2) is 30.9 Å². The molecule has 4 aromatic rings. The zero-order chi connectivity index (χ0) is 23.8. The first-order chi connectivity index (χ1) is 16.5. The molecule has 10 nitrogen and oxygen atoms in total. The lowest BCUT2D eigenvalue weighted by molar-refractivity contribution is -0.113. The quantitative estimate of drug-likeness (QED) is 0.430. The largest absolute Gasteiger partial charge is 0.493 e. The van der Waals surface area contributed by atoms with E-state index in [9.17, 15) is 4.79 Å². The van der Waals surface area contributed by atoms with Gasteiger partial charge in [0.2, 0.25) is 5.91 Å². The van der Waals surface area contributed by atoms with Crippen LogP contribution in [0.25, 0.3) is 17.0 Å². The minimum absolute atomic E-state index is 0.102. The minimum atomic E-state index is -0.144. The third-order valence-electron chi connectivity index (χ3n) is 5.47. The molecule has 0 saturated carbocycles. The number of benzene rings is 1. The van der Waals surface area contributed by atoms with Crippen molar-refractivity contribution in [1.29, 1.82) is 0 Å². The molecular weight excluding hydrogens is 454 g/mol. The van der Waals surface area contributed by atoms with Crippen molar-refractivity contribution in [2.75, 3.05) is 24.8 Å². The molecule has 176 valence electrons. The number of nitrogens with zero attached hydrogens (tertiary/aromatic N) is 5. The van der Waals surface area contributed by atoms with Crippen molar-refractivity contribution in [1.82, 2.24) is 29.7 Å². The van der Waals surface area contributed by atoms with Crippen molar-refractivity contribution >= 4 is 34.7 Å². The Hall–Kier alpha value is -3.60. The fourth-order valence-corrected chi connectivity index (χ4v) is 5.12. The van der Waals surface area contributed by atoms with Gasteiger partial charge in [0.05, 0.1) is 36.7 Å². The number of rotatable bonds is 6. The Bertz CT molecular complexity index is 1360. The number of H-pyrrole nitrogens is 1. The molecule has 5 rings (SSSR count). The van der Waals surface area contributed by atoms with Crippen LogP contribution in [0.3, 0.4) is 0 Å². The normalized spacial score (nSPS) is 15.8. The van der Waals surface area contributed by atoms with E-state index < -0.39 is 0 Å². The Labute approximate surface area is 200 Å². The van der Waals surface area contributed by atoms with Gasteiger partial charge in [-0.2, -0.15) is 9.78 Å². The maximum Gasteiger partial charge on any atom is 0.235 e. The summed E-state index contributed by atoms with van der Waals surface area (Å²) in [6, 6.07) is 5.91. The second-order valence-electron chi connectivity index (χ2n) is 8.41. The van der Waals surface area contributed by atoms with E-state index in [1.165, 1.54) is 6.33 Å². The number of thioether (sulfide) groups is 1. The molecule has 1 atom stereocenters. The zero-order valence-corrected chi connectivity index (χ0v) is 20.1. The van der Waals surface area contributed by atoms with E-state index in [4.69, 9.17) is 14.6 Å². The molecule has 34 heavy (non-hydrogen) atoms. The number of carbonyl (C=O) groups is 1. The Morgan fingerprint density at radius 3 is 2.88 bits per heavy atom. The zero-order valence-electron chi connectivity index (χ0n) is 19.3. The summed E-state index contributed by atoms with van der Waals surface area (Å²) < 4.78 is 13.2. The number of ether oxygens (including phenoxy) is 2. The molecule has 0 radical (unpaired) electrons. The van der Waals surface area contributed by atoms with Crippen molar-refractivity contribution in [3.8, 4) is 17.3 Å². The topological polar surface area (TPSA) is 120 Å². The first-order valence-corrected chi connectivity index (χ1v) is 12.0. The number of amides is 1. The van der Waals surface area contributed by atoms with Crippen LogP contribution in [0, 0.1) is 12.8 Å². The molecule has 1 aromatic carbocycles. The summed E-state index contributed by atoms with van der Waals surface area (Å²) in [6.45, 7) is 6.71.